The van der Waals surface area contributed by atoms with Gasteiger partial charge in [0.2, 0.25) is 0 Å². The predicted octanol–water partition coefficient (Wildman–Crippen LogP) is -0.698. The molecule has 7 nitrogen and oxygen atoms in total. The number of carboxylic acid groups (broad SMARTS) is 1. The summed E-state index contributed by atoms with van der Waals surface area (Å²) in [6.07, 6.45) is 0.615. The number of aliphatic carboxylic acids is 1. The van der Waals surface area contributed by atoms with E-state index >= 15 is 0 Å². The molecule has 8 heteroatoms. The molecule has 0 aromatic carbocycles. The highest BCUT2D eigenvalue weighted by Crippen LogP contribution is 2.21. The largest absolute Gasteiger partial charge is 0.478 e. The SMILES string of the molecule is CCOC(=O)C1=C(C(=O)O)C=NS1(=O)=O. The Kier molecular flexibility index (Phi) is 2.89. The van der Waals surface area contributed by atoms with Crippen molar-refractivity contribution in [2.75, 3.05) is 6.61 Å². The number of sulfonamides is 1. The summed E-state index contributed by atoms with van der Waals surface area (Å²) in [6.45, 7) is 1.42. The molecule has 0 bridgehead atoms. The van der Waals surface area contributed by atoms with Crippen LogP contribution in [0, 0.1) is 0 Å². The molecule has 1 rings (SSSR count). The van der Waals surface area contributed by atoms with E-state index in [0.717, 1.165) is 0 Å². The molecule has 1 aliphatic rings. The van der Waals surface area contributed by atoms with E-state index in [2.05, 4.69) is 9.13 Å². The zero-order valence-electron chi connectivity index (χ0n) is 7.63. The minimum absolute atomic E-state index is 0.0508. The van der Waals surface area contributed by atoms with E-state index < -0.39 is 32.4 Å². The van der Waals surface area contributed by atoms with Crippen LogP contribution in [0.15, 0.2) is 14.9 Å². The standard InChI is InChI=1S/C7H7NO6S/c1-2-14-7(11)5-4(6(9)10)3-8-15(5,12)13/h3H,2H2,1H3,(H,9,10). The van der Waals surface area contributed by atoms with Crippen molar-refractivity contribution in [3.8, 4) is 0 Å². The van der Waals surface area contributed by atoms with Gasteiger partial charge in [-0.15, -0.1) is 0 Å². The summed E-state index contributed by atoms with van der Waals surface area (Å²) in [5, 5.41) is 8.61. The van der Waals surface area contributed by atoms with Gasteiger partial charge >= 0.3 is 11.9 Å². The highest BCUT2D eigenvalue weighted by Gasteiger charge is 2.36. The summed E-state index contributed by atoms with van der Waals surface area (Å²) in [5.41, 5.74) is -0.673. The molecule has 1 N–H and O–H groups in total. The van der Waals surface area contributed by atoms with Crippen LogP contribution in [0.25, 0.3) is 0 Å². The predicted molar refractivity (Wildman–Crippen MR) is 48.7 cm³/mol. The van der Waals surface area contributed by atoms with Crippen molar-refractivity contribution in [1.29, 1.82) is 0 Å². The fourth-order valence-corrected chi connectivity index (χ4v) is 1.97. The van der Waals surface area contributed by atoms with Gasteiger partial charge in [0.05, 0.1) is 12.8 Å². The Morgan fingerprint density at radius 3 is 2.60 bits per heavy atom. The van der Waals surface area contributed by atoms with Gasteiger partial charge in [-0.1, -0.05) is 0 Å². The monoisotopic (exact) mass is 233 g/mol. The highest BCUT2D eigenvalue weighted by molar-refractivity contribution is 7.95. The maximum atomic E-state index is 11.2. The first-order valence-corrected chi connectivity index (χ1v) is 5.29. The Balaban J connectivity index is 3.27. The molecule has 0 radical (unpaired) electrons. The van der Waals surface area contributed by atoms with Crippen molar-refractivity contribution >= 4 is 28.2 Å². The smallest absolute Gasteiger partial charge is 0.352 e. The lowest BCUT2D eigenvalue weighted by atomic mass is 10.3. The van der Waals surface area contributed by atoms with Crippen LogP contribution >= 0.6 is 0 Å². The molecule has 0 atom stereocenters. The first-order chi connectivity index (χ1) is 6.90. The molecule has 0 unspecified atom stereocenters. The van der Waals surface area contributed by atoms with Gasteiger partial charge in [-0.05, 0) is 6.92 Å². The van der Waals surface area contributed by atoms with Crippen molar-refractivity contribution in [2.24, 2.45) is 4.40 Å². The fourth-order valence-electron chi connectivity index (χ4n) is 0.937. The Hall–Kier alpha value is -1.70. The summed E-state index contributed by atoms with van der Waals surface area (Å²) in [5.74, 6) is -2.74. The number of carboxylic acids is 1. The van der Waals surface area contributed by atoms with E-state index in [0.29, 0.717) is 6.21 Å². The van der Waals surface area contributed by atoms with Gasteiger partial charge in [0.25, 0.3) is 10.0 Å². The van der Waals surface area contributed by atoms with Crippen LogP contribution < -0.4 is 0 Å². The van der Waals surface area contributed by atoms with Crippen LogP contribution in [0.4, 0.5) is 0 Å². The molecule has 0 saturated carbocycles. The molecule has 0 aliphatic carbocycles. The molecule has 82 valence electrons. The van der Waals surface area contributed by atoms with Crippen molar-refractivity contribution in [3.05, 3.63) is 10.5 Å². The second-order valence-electron chi connectivity index (χ2n) is 2.48. The van der Waals surface area contributed by atoms with Crippen molar-refractivity contribution in [2.45, 2.75) is 6.92 Å². The number of carbonyl (C=O) groups excluding carboxylic acids is 1. The lowest BCUT2D eigenvalue weighted by molar-refractivity contribution is -0.138. The molecule has 0 amide bonds. The Labute approximate surface area is 85.1 Å². The third-order valence-electron chi connectivity index (χ3n) is 1.51. The maximum absolute atomic E-state index is 11.2. The third-order valence-corrected chi connectivity index (χ3v) is 2.80. The second kappa shape index (κ2) is 3.81. The molecule has 0 spiro atoms. The molecule has 0 saturated heterocycles. The zero-order valence-corrected chi connectivity index (χ0v) is 8.44. The van der Waals surface area contributed by atoms with Crippen molar-refractivity contribution < 1.29 is 27.9 Å². The second-order valence-corrected chi connectivity index (χ2v) is 4.05. The molecule has 0 aromatic heterocycles. The molecule has 15 heavy (non-hydrogen) atoms. The fraction of sp³-hybridized carbons (Fsp3) is 0.286. The maximum Gasteiger partial charge on any atom is 0.352 e. The van der Waals surface area contributed by atoms with Gasteiger partial charge in [0.1, 0.15) is 5.57 Å². The minimum atomic E-state index is -4.21. The number of hydrogen-bond donors (Lipinski definition) is 1. The van der Waals surface area contributed by atoms with E-state index in [4.69, 9.17) is 5.11 Å². The average molecular weight is 233 g/mol. The lowest BCUT2D eigenvalue weighted by Crippen LogP contribution is -2.16. The van der Waals surface area contributed by atoms with Crippen molar-refractivity contribution in [1.82, 2.24) is 0 Å². The summed E-state index contributed by atoms with van der Waals surface area (Å²) in [7, 11) is -4.21. The van der Waals surface area contributed by atoms with Crippen LogP contribution in [0.5, 0.6) is 0 Å². The van der Waals surface area contributed by atoms with Gasteiger partial charge in [-0.2, -0.15) is 12.8 Å². The van der Waals surface area contributed by atoms with Gasteiger partial charge in [0.15, 0.2) is 4.91 Å². The normalized spacial score (nSPS) is 17.9. The topological polar surface area (TPSA) is 110 Å². The summed E-state index contributed by atoms with van der Waals surface area (Å²) >= 11 is 0. The third kappa shape index (κ3) is 2.04. The summed E-state index contributed by atoms with van der Waals surface area (Å²) in [6, 6.07) is 0. The highest BCUT2D eigenvalue weighted by atomic mass is 32.2. The molecule has 1 heterocycles. The van der Waals surface area contributed by atoms with Crippen LogP contribution in [0.3, 0.4) is 0 Å². The van der Waals surface area contributed by atoms with E-state index in [9.17, 15) is 18.0 Å². The number of ether oxygens (including phenoxy) is 1. The Morgan fingerprint density at radius 2 is 2.13 bits per heavy atom. The van der Waals surface area contributed by atoms with Crippen LogP contribution in [0.2, 0.25) is 0 Å². The van der Waals surface area contributed by atoms with Crippen LogP contribution in [0.1, 0.15) is 6.92 Å². The van der Waals surface area contributed by atoms with Gasteiger partial charge in [-0.3, -0.25) is 0 Å². The van der Waals surface area contributed by atoms with Gasteiger partial charge in [0, 0.05) is 0 Å². The molecule has 0 aromatic rings. The Morgan fingerprint density at radius 1 is 1.53 bits per heavy atom. The summed E-state index contributed by atoms with van der Waals surface area (Å²) in [4.78, 5) is 20.8. The van der Waals surface area contributed by atoms with Gasteiger partial charge in [-0.25, -0.2) is 9.59 Å². The zero-order chi connectivity index (χ0) is 11.6. The van der Waals surface area contributed by atoms with Crippen LogP contribution in [-0.4, -0.2) is 38.3 Å². The molecule has 0 fully saturated rings. The number of hydrogen-bond acceptors (Lipinski definition) is 5. The lowest BCUT2D eigenvalue weighted by Gasteiger charge is -2.01. The van der Waals surface area contributed by atoms with E-state index in [-0.39, 0.29) is 6.61 Å². The number of nitrogens with zero attached hydrogens (tertiary/aromatic N) is 1. The number of carbonyl (C=O) groups is 2. The van der Waals surface area contributed by atoms with Crippen molar-refractivity contribution in [3.63, 3.8) is 0 Å². The number of esters is 1. The quantitative estimate of drug-likeness (QED) is 0.645. The van der Waals surface area contributed by atoms with Crippen LogP contribution in [-0.2, 0) is 24.3 Å². The molecular formula is C7H7NO6S. The van der Waals surface area contributed by atoms with Gasteiger partial charge < -0.3 is 9.84 Å². The van der Waals surface area contributed by atoms with E-state index in [1.165, 1.54) is 6.92 Å². The molecular weight excluding hydrogens is 226 g/mol. The average Bonchev–Trinajstić information content (AvgIpc) is 2.41. The van der Waals surface area contributed by atoms with E-state index in [1.807, 2.05) is 0 Å². The Bertz CT molecular complexity index is 472. The first-order valence-electron chi connectivity index (χ1n) is 3.85. The first kappa shape index (κ1) is 11.4. The molecule has 1 aliphatic heterocycles. The van der Waals surface area contributed by atoms with E-state index in [1.54, 1.807) is 0 Å². The number of rotatable bonds is 3. The minimum Gasteiger partial charge on any atom is -0.478 e. The summed E-state index contributed by atoms with van der Waals surface area (Å²) < 4.78 is 29.7.